The van der Waals surface area contributed by atoms with Crippen molar-refractivity contribution in [1.82, 2.24) is 4.90 Å². The van der Waals surface area contributed by atoms with Crippen LogP contribution >= 0.6 is 0 Å². The molecule has 2 nitrogen and oxygen atoms in total. The number of fused-ring (bicyclic) bond motifs is 1. The first-order valence-corrected chi connectivity index (χ1v) is 5.50. The molecule has 1 aliphatic rings. The quantitative estimate of drug-likeness (QED) is 0.733. The molecule has 1 aliphatic heterocycles. The van der Waals surface area contributed by atoms with Crippen molar-refractivity contribution < 1.29 is 4.79 Å². The summed E-state index contributed by atoms with van der Waals surface area (Å²) < 4.78 is 0. The molecule has 0 bridgehead atoms. The Bertz CT molecular complexity index is 373. The van der Waals surface area contributed by atoms with Crippen molar-refractivity contribution in [2.45, 2.75) is 32.9 Å². The highest BCUT2D eigenvalue weighted by molar-refractivity contribution is 5.80. The Balaban J connectivity index is 2.15. The predicted octanol–water partition coefficient (Wildman–Crippen LogP) is 2.02. The van der Waals surface area contributed by atoms with E-state index >= 15 is 0 Å². The maximum Gasteiger partial charge on any atom is 0.146 e. The van der Waals surface area contributed by atoms with Crippen molar-refractivity contribution in [2.24, 2.45) is 0 Å². The van der Waals surface area contributed by atoms with Gasteiger partial charge in [-0.3, -0.25) is 9.69 Å². The summed E-state index contributed by atoms with van der Waals surface area (Å²) in [5.41, 5.74) is 2.81. The van der Waals surface area contributed by atoms with Crippen LogP contribution in [0.15, 0.2) is 24.3 Å². The second-order valence-electron chi connectivity index (χ2n) is 4.28. The summed E-state index contributed by atoms with van der Waals surface area (Å²) in [6.45, 7) is 5.58. The monoisotopic (exact) mass is 203 g/mol. The van der Waals surface area contributed by atoms with Gasteiger partial charge >= 0.3 is 0 Å². The average Bonchev–Trinajstić information content (AvgIpc) is 2.27. The van der Waals surface area contributed by atoms with Gasteiger partial charge in [-0.1, -0.05) is 24.3 Å². The lowest BCUT2D eigenvalue weighted by molar-refractivity contribution is -0.121. The van der Waals surface area contributed by atoms with Crippen LogP contribution in [0, 0.1) is 0 Å². The lowest BCUT2D eigenvalue weighted by atomic mass is 9.98. The van der Waals surface area contributed by atoms with Gasteiger partial charge in [0.1, 0.15) is 5.78 Å². The first kappa shape index (κ1) is 10.4. The molecule has 0 amide bonds. The fourth-order valence-electron chi connectivity index (χ4n) is 2.11. The van der Waals surface area contributed by atoms with Crippen molar-refractivity contribution in [3.05, 3.63) is 35.4 Å². The third kappa shape index (κ3) is 2.10. The molecule has 0 radical (unpaired) electrons. The van der Waals surface area contributed by atoms with Gasteiger partial charge in [-0.15, -0.1) is 0 Å². The molecule has 80 valence electrons. The van der Waals surface area contributed by atoms with E-state index in [4.69, 9.17) is 0 Å². The van der Waals surface area contributed by atoms with E-state index in [2.05, 4.69) is 29.2 Å². The van der Waals surface area contributed by atoms with E-state index in [0.717, 1.165) is 19.5 Å². The van der Waals surface area contributed by atoms with Crippen LogP contribution in [0.2, 0.25) is 0 Å². The topological polar surface area (TPSA) is 20.3 Å². The van der Waals surface area contributed by atoms with Crippen molar-refractivity contribution in [1.29, 1.82) is 0 Å². The average molecular weight is 203 g/mol. The SMILES string of the molecule is CC(=O)C(C)N1CCc2ccccc2C1. The molecule has 1 atom stereocenters. The van der Waals surface area contributed by atoms with Crippen molar-refractivity contribution in [3.63, 3.8) is 0 Å². The highest BCUT2D eigenvalue weighted by Gasteiger charge is 2.22. The summed E-state index contributed by atoms with van der Waals surface area (Å²) in [4.78, 5) is 13.6. The van der Waals surface area contributed by atoms with E-state index in [0.29, 0.717) is 0 Å². The van der Waals surface area contributed by atoms with Crippen molar-refractivity contribution in [3.8, 4) is 0 Å². The second kappa shape index (κ2) is 4.15. The van der Waals surface area contributed by atoms with Gasteiger partial charge < -0.3 is 0 Å². The van der Waals surface area contributed by atoms with Gasteiger partial charge in [0.15, 0.2) is 0 Å². The maximum atomic E-state index is 11.3. The maximum absolute atomic E-state index is 11.3. The van der Waals surface area contributed by atoms with Gasteiger partial charge in [-0.25, -0.2) is 0 Å². The van der Waals surface area contributed by atoms with Crippen LogP contribution in [0.5, 0.6) is 0 Å². The van der Waals surface area contributed by atoms with Crippen LogP contribution in [0.3, 0.4) is 0 Å². The second-order valence-corrected chi connectivity index (χ2v) is 4.28. The minimum absolute atomic E-state index is 0.0540. The lowest BCUT2D eigenvalue weighted by Gasteiger charge is -2.32. The Labute approximate surface area is 90.9 Å². The van der Waals surface area contributed by atoms with E-state index in [1.54, 1.807) is 6.92 Å². The summed E-state index contributed by atoms with van der Waals surface area (Å²) in [7, 11) is 0. The van der Waals surface area contributed by atoms with Crippen LogP contribution in [-0.4, -0.2) is 23.3 Å². The largest absolute Gasteiger partial charge is 0.298 e. The number of hydrogen-bond donors (Lipinski definition) is 0. The molecule has 2 heteroatoms. The van der Waals surface area contributed by atoms with E-state index in [1.165, 1.54) is 11.1 Å². The minimum Gasteiger partial charge on any atom is -0.298 e. The molecule has 1 heterocycles. The molecule has 2 rings (SSSR count). The van der Waals surface area contributed by atoms with E-state index in [-0.39, 0.29) is 11.8 Å². The smallest absolute Gasteiger partial charge is 0.146 e. The van der Waals surface area contributed by atoms with E-state index in [1.807, 2.05) is 6.92 Å². The molecule has 1 unspecified atom stereocenters. The van der Waals surface area contributed by atoms with Crippen LogP contribution < -0.4 is 0 Å². The summed E-state index contributed by atoms with van der Waals surface area (Å²) >= 11 is 0. The van der Waals surface area contributed by atoms with E-state index < -0.39 is 0 Å². The molecule has 0 spiro atoms. The van der Waals surface area contributed by atoms with Gasteiger partial charge in [-0.2, -0.15) is 0 Å². The molecule has 0 saturated heterocycles. The number of carbonyl (C=O) groups is 1. The van der Waals surface area contributed by atoms with Gasteiger partial charge in [0, 0.05) is 13.1 Å². The molecule has 0 aromatic heterocycles. The Morgan fingerprint density at radius 2 is 2.00 bits per heavy atom. The zero-order valence-corrected chi connectivity index (χ0v) is 9.36. The van der Waals surface area contributed by atoms with Gasteiger partial charge in [0.2, 0.25) is 0 Å². The normalized spacial score (nSPS) is 18.3. The van der Waals surface area contributed by atoms with Crippen LogP contribution in [0.1, 0.15) is 25.0 Å². The Morgan fingerprint density at radius 3 is 2.67 bits per heavy atom. The predicted molar refractivity (Wildman–Crippen MR) is 60.7 cm³/mol. The molecule has 1 aromatic carbocycles. The third-order valence-electron chi connectivity index (χ3n) is 3.30. The van der Waals surface area contributed by atoms with Gasteiger partial charge in [0.05, 0.1) is 6.04 Å². The number of Topliss-reactive ketones (excluding diaryl/α,β-unsaturated/α-hetero) is 1. The third-order valence-corrected chi connectivity index (χ3v) is 3.30. The molecular weight excluding hydrogens is 186 g/mol. The van der Waals surface area contributed by atoms with Crippen LogP contribution in [-0.2, 0) is 17.8 Å². The lowest BCUT2D eigenvalue weighted by Crippen LogP contribution is -2.41. The molecule has 0 N–H and O–H groups in total. The molecule has 0 fully saturated rings. The Kier molecular flexibility index (Phi) is 2.87. The highest BCUT2D eigenvalue weighted by Crippen LogP contribution is 2.20. The first-order valence-electron chi connectivity index (χ1n) is 5.50. The summed E-state index contributed by atoms with van der Waals surface area (Å²) in [6, 6.07) is 8.56. The van der Waals surface area contributed by atoms with Crippen molar-refractivity contribution in [2.75, 3.05) is 6.54 Å². The standard InChI is InChI=1S/C13H17NO/c1-10(11(2)15)14-8-7-12-5-3-4-6-13(12)9-14/h3-6,10H,7-9H2,1-2H3. The molecule has 0 saturated carbocycles. The van der Waals surface area contributed by atoms with Gasteiger partial charge in [0.25, 0.3) is 0 Å². The molecule has 1 aromatic rings. The minimum atomic E-state index is 0.0540. The summed E-state index contributed by atoms with van der Waals surface area (Å²) in [5.74, 6) is 0.259. The first-order chi connectivity index (χ1) is 7.18. The Morgan fingerprint density at radius 1 is 1.33 bits per heavy atom. The van der Waals surface area contributed by atoms with Crippen molar-refractivity contribution >= 4 is 5.78 Å². The Hall–Kier alpha value is -1.15. The zero-order valence-electron chi connectivity index (χ0n) is 9.36. The zero-order chi connectivity index (χ0) is 10.8. The summed E-state index contributed by atoms with van der Waals surface area (Å²) in [5, 5.41) is 0. The number of carbonyl (C=O) groups excluding carboxylic acids is 1. The molecular formula is C13H17NO. The number of hydrogen-bond acceptors (Lipinski definition) is 2. The van der Waals surface area contributed by atoms with Crippen LogP contribution in [0.25, 0.3) is 0 Å². The highest BCUT2D eigenvalue weighted by atomic mass is 16.1. The number of benzene rings is 1. The molecule has 15 heavy (non-hydrogen) atoms. The molecule has 0 aliphatic carbocycles. The fraction of sp³-hybridized carbons (Fsp3) is 0.462. The fourth-order valence-corrected chi connectivity index (χ4v) is 2.11. The van der Waals surface area contributed by atoms with Crippen LogP contribution in [0.4, 0.5) is 0 Å². The number of nitrogens with zero attached hydrogens (tertiary/aromatic N) is 1. The summed E-state index contributed by atoms with van der Waals surface area (Å²) in [6.07, 6.45) is 1.06. The number of ketones is 1. The van der Waals surface area contributed by atoms with E-state index in [9.17, 15) is 4.79 Å². The van der Waals surface area contributed by atoms with Gasteiger partial charge in [-0.05, 0) is 31.4 Å². The number of rotatable bonds is 2.